The van der Waals surface area contributed by atoms with Crippen molar-refractivity contribution in [2.45, 2.75) is 64.1 Å². The lowest BCUT2D eigenvalue weighted by molar-refractivity contribution is -0.547. The molecule has 1 saturated carbocycles. The third-order valence-corrected chi connectivity index (χ3v) is 6.70. The molecule has 0 unspecified atom stereocenters. The molecule has 1 amide bonds. The van der Waals surface area contributed by atoms with E-state index in [1.807, 2.05) is 13.8 Å². The van der Waals surface area contributed by atoms with Gasteiger partial charge in [0.05, 0.1) is 6.61 Å². The number of amides is 1. The summed E-state index contributed by atoms with van der Waals surface area (Å²) in [6, 6.07) is 0. The third kappa shape index (κ3) is 1.98. The first kappa shape index (κ1) is 15.8. The van der Waals surface area contributed by atoms with Crippen LogP contribution in [0.25, 0.3) is 0 Å². The number of rotatable bonds is 2. The van der Waals surface area contributed by atoms with E-state index in [-0.39, 0.29) is 30.9 Å². The minimum Gasteiger partial charge on any atom is -0.395 e. The summed E-state index contributed by atoms with van der Waals surface area (Å²) < 4.78 is 6.31. The van der Waals surface area contributed by atoms with Gasteiger partial charge in [-0.05, 0) is 38.0 Å². The van der Waals surface area contributed by atoms with E-state index in [4.69, 9.17) is 14.5 Å². The van der Waals surface area contributed by atoms with Gasteiger partial charge in [0.25, 0.3) is 0 Å². The molecule has 130 valence electrons. The van der Waals surface area contributed by atoms with Gasteiger partial charge in [-0.15, -0.1) is 0 Å². The van der Waals surface area contributed by atoms with Gasteiger partial charge in [0.15, 0.2) is 11.8 Å². The number of carbonyl (C=O) groups is 1. The lowest BCUT2D eigenvalue weighted by Gasteiger charge is -2.61. The van der Waals surface area contributed by atoms with Crippen LogP contribution in [-0.4, -0.2) is 46.7 Å². The van der Waals surface area contributed by atoms with Gasteiger partial charge >= 0.3 is 0 Å². The Kier molecular flexibility index (Phi) is 3.54. The molecule has 0 radical (unpaired) electrons. The smallest absolute Gasteiger partial charge is 0.227 e. The molecule has 4 heterocycles. The molecule has 6 heteroatoms. The molecule has 5 rings (SSSR count). The van der Waals surface area contributed by atoms with Crippen LogP contribution in [0.5, 0.6) is 0 Å². The zero-order valence-corrected chi connectivity index (χ0v) is 14.2. The largest absolute Gasteiger partial charge is 0.395 e. The Morgan fingerprint density at radius 2 is 2.00 bits per heavy atom. The summed E-state index contributed by atoms with van der Waals surface area (Å²) in [5.41, 5.74) is -0.601. The number of fused-ring (bicyclic) bond motifs is 2. The highest BCUT2D eigenvalue weighted by Crippen LogP contribution is 2.60. The zero-order chi connectivity index (χ0) is 16.4. The van der Waals surface area contributed by atoms with Crippen molar-refractivity contribution >= 4 is 5.91 Å². The van der Waals surface area contributed by atoms with Crippen molar-refractivity contribution in [1.29, 1.82) is 0 Å². The first-order valence-corrected chi connectivity index (χ1v) is 8.89. The molecule has 1 aliphatic carbocycles. The third-order valence-electron chi connectivity index (χ3n) is 6.70. The molecule has 5 aliphatic rings. The summed E-state index contributed by atoms with van der Waals surface area (Å²) in [7, 11) is 0. The zero-order valence-electron chi connectivity index (χ0n) is 14.2. The predicted octanol–water partition coefficient (Wildman–Crippen LogP) is 1.67. The molecular formula is C17H27NO5. The summed E-state index contributed by atoms with van der Waals surface area (Å²) in [5.74, 6) is 0.0469. The van der Waals surface area contributed by atoms with E-state index in [0.717, 1.165) is 25.7 Å². The van der Waals surface area contributed by atoms with E-state index in [0.29, 0.717) is 11.8 Å². The average Bonchev–Trinajstić information content (AvgIpc) is 2.76. The second-order valence-corrected chi connectivity index (χ2v) is 7.97. The second kappa shape index (κ2) is 5.15. The lowest BCUT2D eigenvalue weighted by Crippen LogP contribution is -2.75. The first-order valence-electron chi connectivity index (χ1n) is 8.89. The van der Waals surface area contributed by atoms with E-state index in [2.05, 4.69) is 6.92 Å². The van der Waals surface area contributed by atoms with Crippen LogP contribution in [0, 0.1) is 23.7 Å². The minimum absolute atomic E-state index is 0.0627. The molecule has 0 aromatic carbocycles. The van der Waals surface area contributed by atoms with Crippen molar-refractivity contribution in [3.63, 3.8) is 0 Å². The highest BCUT2D eigenvalue weighted by atomic mass is 17.3. The number of nitrogens with zero attached hydrogens (tertiary/aromatic N) is 1. The van der Waals surface area contributed by atoms with Gasteiger partial charge in [-0.25, -0.2) is 9.78 Å². The Balaban J connectivity index is 1.85. The fourth-order valence-electron chi connectivity index (χ4n) is 5.49. The molecule has 4 saturated heterocycles. The average molecular weight is 325 g/mol. The minimum atomic E-state index is -0.813. The Morgan fingerprint density at radius 3 is 2.74 bits per heavy atom. The number of hydrogen-bond donors (Lipinski definition) is 1. The number of piperidine rings is 1. The monoisotopic (exact) mass is 325 g/mol. The maximum atomic E-state index is 12.9. The van der Waals surface area contributed by atoms with Crippen molar-refractivity contribution in [1.82, 2.24) is 4.90 Å². The SMILES string of the molecule is C[C@@H]1CC[C@H]2[C@@H](C)C(=O)N(CCO)[C@@H]3O[C@@]4(C)CC[C@@H]1[C@]23OO4. The molecule has 2 bridgehead atoms. The summed E-state index contributed by atoms with van der Waals surface area (Å²) >= 11 is 0. The van der Waals surface area contributed by atoms with E-state index in [1.54, 1.807) is 4.90 Å². The van der Waals surface area contributed by atoms with Crippen LogP contribution in [-0.2, 0) is 19.3 Å². The molecule has 1 N–H and O–H groups in total. The molecule has 1 spiro atoms. The van der Waals surface area contributed by atoms with Gasteiger partial charge in [0, 0.05) is 24.8 Å². The number of aliphatic hydroxyl groups excluding tert-OH is 1. The summed E-state index contributed by atoms with van der Waals surface area (Å²) in [5, 5.41) is 9.45. The lowest BCUT2D eigenvalue weighted by atomic mass is 9.57. The molecule has 4 aliphatic heterocycles. The number of likely N-dealkylation sites (tertiary alicyclic amines) is 1. The summed E-state index contributed by atoms with van der Waals surface area (Å²) in [4.78, 5) is 26.4. The van der Waals surface area contributed by atoms with Crippen molar-refractivity contribution < 1.29 is 24.4 Å². The number of carbonyl (C=O) groups excluding carboxylic acids is 1. The molecule has 0 aromatic rings. The van der Waals surface area contributed by atoms with Crippen LogP contribution in [0.1, 0.15) is 46.5 Å². The molecule has 0 aromatic heterocycles. The molecule has 6 nitrogen and oxygen atoms in total. The van der Waals surface area contributed by atoms with Crippen LogP contribution in [0.3, 0.4) is 0 Å². The van der Waals surface area contributed by atoms with Crippen molar-refractivity contribution in [2.75, 3.05) is 13.2 Å². The molecule has 7 atom stereocenters. The Labute approximate surface area is 137 Å². The predicted molar refractivity (Wildman–Crippen MR) is 80.8 cm³/mol. The van der Waals surface area contributed by atoms with Crippen LogP contribution in [0.2, 0.25) is 0 Å². The Morgan fingerprint density at radius 1 is 1.22 bits per heavy atom. The molecular weight excluding hydrogens is 298 g/mol. The first-order chi connectivity index (χ1) is 10.9. The number of aliphatic hydroxyl groups is 1. The maximum absolute atomic E-state index is 12.9. The van der Waals surface area contributed by atoms with Crippen molar-refractivity contribution in [2.24, 2.45) is 23.7 Å². The van der Waals surface area contributed by atoms with Crippen molar-refractivity contribution in [3.8, 4) is 0 Å². The van der Waals surface area contributed by atoms with Gasteiger partial charge in [-0.3, -0.25) is 4.79 Å². The normalized spacial score (nSPS) is 52.3. The Hall–Kier alpha value is -0.690. The van der Waals surface area contributed by atoms with Crippen LogP contribution < -0.4 is 0 Å². The second-order valence-electron chi connectivity index (χ2n) is 7.97. The Bertz CT molecular complexity index is 513. The van der Waals surface area contributed by atoms with E-state index in [9.17, 15) is 9.90 Å². The van der Waals surface area contributed by atoms with E-state index < -0.39 is 17.6 Å². The van der Waals surface area contributed by atoms with Gasteiger partial charge < -0.3 is 14.7 Å². The van der Waals surface area contributed by atoms with Gasteiger partial charge in [-0.2, -0.15) is 0 Å². The maximum Gasteiger partial charge on any atom is 0.227 e. The van der Waals surface area contributed by atoms with Crippen LogP contribution in [0.4, 0.5) is 0 Å². The van der Waals surface area contributed by atoms with Crippen molar-refractivity contribution in [3.05, 3.63) is 0 Å². The quantitative estimate of drug-likeness (QED) is 0.782. The van der Waals surface area contributed by atoms with E-state index in [1.165, 1.54) is 0 Å². The number of β-amino-alcohol motifs (C(OH)–C–C–N with tert-alkyl or cyclic N) is 1. The van der Waals surface area contributed by atoms with Gasteiger partial charge in [0.1, 0.15) is 0 Å². The molecule has 23 heavy (non-hydrogen) atoms. The van der Waals surface area contributed by atoms with Crippen LogP contribution in [0.15, 0.2) is 0 Å². The highest BCUT2D eigenvalue weighted by Gasteiger charge is 2.70. The standard InChI is InChI=1S/C17H27NO5/c1-10-4-5-13-11(2)14(20)18(8-9-19)15-17(13)12(10)6-7-16(3,21-15)22-23-17/h10-13,15,19H,4-9H2,1-3H3/t10-,11-,12+,13+,15-,16-,17+/m1/s1. The van der Waals surface area contributed by atoms with Gasteiger partial charge in [-0.1, -0.05) is 13.8 Å². The summed E-state index contributed by atoms with van der Waals surface area (Å²) in [6.07, 6.45) is 3.36. The topological polar surface area (TPSA) is 68.2 Å². The number of ether oxygens (including phenoxy) is 1. The summed E-state index contributed by atoms with van der Waals surface area (Å²) in [6.45, 7) is 6.35. The van der Waals surface area contributed by atoms with Crippen LogP contribution >= 0.6 is 0 Å². The fourth-order valence-corrected chi connectivity index (χ4v) is 5.49. The molecule has 5 fully saturated rings. The number of hydrogen-bond acceptors (Lipinski definition) is 5. The van der Waals surface area contributed by atoms with Gasteiger partial charge in [0.2, 0.25) is 11.7 Å². The highest BCUT2D eigenvalue weighted by molar-refractivity contribution is 5.80. The fraction of sp³-hybridized carbons (Fsp3) is 0.941. The van der Waals surface area contributed by atoms with E-state index >= 15 is 0 Å².